The van der Waals surface area contributed by atoms with Crippen LogP contribution in [0, 0.1) is 0 Å². The van der Waals surface area contributed by atoms with Crippen molar-refractivity contribution in [1.82, 2.24) is 5.10 Å². The summed E-state index contributed by atoms with van der Waals surface area (Å²) in [6.45, 7) is 0. The van der Waals surface area contributed by atoms with Crippen molar-refractivity contribution in [2.75, 3.05) is 0 Å². The van der Waals surface area contributed by atoms with Crippen LogP contribution in [0.1, 0.15) is 0 Å². The number of hydrogen-bond donors (Lipinski definition) is 0. The standard InChI is InChI=1S/C31H23N2O2Si/c34-31-33(24-14-5-1-6-15-24)32-28-22-13-23-29(30(28)35-31)36(25-16-7-2-8-17-25,26-18-9-3-10-19-26)27-20-11-4-12-21-27/h1-23H/q+1. The Labute approximate surface area is 209 Å². The molecular formula is C31H23N2O2Si+. The Balaban J connectivity index is 1.74. The Bertz CT molecular complexity index is 1590. The van der Waals surface area contributed by atoms with Crippen LogP contribution < -0.4 is 31.2 Å². The molecule has 0 atom stereocenters. The summed E-state index contributed by atoms with van der Waals surface area (Å²) < 4.78 is 7.45. The number of hydrogen-bond acceptors (Lipinski definition) is 3. The highest BCUT2D eigenvalue weighted by atomic mass is 28.3. The second-order valence-electron chi connectivity index (χ2n) is 8.62. The molecule has 6 rings (SSSR count). The van der Waals surface area contributed by atoms with Gasteiger partial charge < -0.3 is 4.42 Å². The lowest BCUT2D eigenvalue weighted by Crippen LogP contribution is -2.75. The molecule has 0 saturated carbocycles. The van der Waals surface area contributed by atoms with Crippen LogP contribution >= 0.6 is 0 Å². The van der Waals surface area contributed by atoms with E-state index >= 15 is 0 Å². The summed E-state index contributed by atoms with van der Waals surface area (Å²) in [4.78, 5) is 13.3. The van der Waals surface area contributed by atoms with Gasteiger partial charge in [-0.2, -0.15) is 4.79 Å². The predicted octanol–water partition coefficient (Wildman–Crippen LogP) is 2.84. The van der Waals surface area contributed by atoms with Gasteiger partial charge in [-0.1, -0.05) is 121 Å². The highest BCUT2D eigenvalue weighted by Crippen LogP contribution is 2.15. The summed E-state index contributed by atoms with van der Waals surface area (Å²) in [6.07, 6.45) is 0. The summed E-state index contributed by atoms with van der Waals surface area (Å²) in [5, 5.41) is 9.34. The van der Waals surface area contributed by atoms with Gasteiger partial charge in [0.15, 0.2) is 19.2 Å². The third-order valence-electron chi connectivity index (χ3n) is 6.59. The lowest BCUT2D eigenvalue weighted by atomic mass is 10.3. The van der Waals surface area contributed by atoms with E-state index in [4.69, 9.17) is 9.52 Å². The van der Waals surface area contributed by atoms with E-state index in [0.717, 1.165) is 5.19 Å². The maximum Gasteiger partial charge on any atom is 0.634 e. The zero-order chi connectivity index (χ0) is 24.4. The van der Waals surface area contributed by atoms with Crippen molar-refractivity contribution in [3.63, 3.8) is 0 Å². The highest BCUT2D eigenvalue weighted by Gasteiger charge is 2.43. The summed E-state index contributed by atoms with van der Waals surface area (Å²) in [6, 6.07) is 47.0. The maximum atomic E-state index is 13.3. The van der Waals surface area contributed by atoms with Crippen molar-refractivity contribution in [1.29, 1.82) is 0 Å². The van der Waals surface area contributed by atoms with Gasteiger partial charge >= 0.3 is 5.76 Å². The van der Waals surface area contributed by atoms with Gasteiger partial charge in [-0.05, 0) is 26.8 Å². The molecule has 5 heteroatoms. The van der Waals surface area contributed by atoms with Crippen molar-refractivity contribution < 1.29 is 9.10 Å². The highest BCUT2D eigenvalue weighted by molar-refractivity contribution is 7.20. The minimum Gasteiger partial charge on any atom is -0.368 e. The topological polar surface area (TPSA) is 47.0 Å². The van der Waals surface area contributed by atoms with Gasteiger partial charge in [0, 0.05) is 21.9 Å². The average molecular weight is 484 g/mol. The molecule has 5 aromatic carbocycles. The summed E-state index contributed by atoms with van der Waals surface area (Å²) in [5.74, 6) is -0.516. The first kappa shape index (κ1) is 21.9. The van der Waals surface area contributed by atoms with Crippen molar-refractivity contribution in [2.45, 2.75) is 0 Å². The van der Waals surface area contributed by atoms with Crippen LogP contribution in [0.15, 0.2) is 149 Å². The quantitative estimate of drug-likeness (QED) is 0.215. The van der Waals surface area contributed by atoms with E-state index in [0.29, 0.717) is 16.8 Å². The third kappa shape index (κ3) is 3.58. The molecule has 6 aromatic rings. The smallest absolute Gasteiger partial charge is 0.368 e. The zero-order valence-corrected chi connectivity index (χ0v) is 20.5. The van der Waals surface area contributed by atoms with Crippen molar-refractivity contribution in [3.8, 4) is 5.69 Å². The summed E-state index contributed by atoms with van der Waals surface area (Å²) in [5.41, 5.74) is 1.82. The SMILES string of the molecule is O=c1oc2c([Si](c3ccccc3)(c3ccccc3)c3ccccc3)cccc2n[n+]1-c1ccccc1. The molecule has 0 unspecified atom stereocenters. The number of rotatable bonds is 5. The fourth-order valence-electron chi connectivity index (χ4n) is 5.05. The maximum absolute atomic E-state index is 13.3. The fraction of sp³-hybridized carbons (Fsp3) is 0. The first-order chi connectivity index (χ1) is 17.8. The van der Waals surface area contributed by atoms with Crippen LogP contribution in [0.25, 0.3) is 16.8 Å². The third-order valence-corrected chi connectivity index (χ3v) is 11.4. The van der Waals surface area contributed by atoms with E-state index < -0.39 is 13.8 Å². The zero-order valence-electron chi connectivity index (χ0n) is 19.5. The van der Waals surface area contributed by atoms with Crippen molar-refractivity contribution >= 4 is 39.9 Å². The molecule has 0 fully saturated rings. The van der Waals surface area contributed by atoms with E-state index in [1.165, 1.54) is 20.2 Å². The van der Waals surface area contributed by atoms with Crippen LogP contribution in [-0.2, 0) is 0 Å². The lowest BCUT2D eigenvalue weighted by Gasteiger charge is -2.34. The Morgan fingerprint density at radius 1 is 0.556 bits per heavy atom. The van der Waals surface area contributed by atoms with Gasteiger partial charge in [0.2, 0.25) is 5.69 Å². The Morgan fingerprint density at radius 2 is 1.03 bits per heavy atom. The number of para-hydroxylation sites is 2. The van der Waals surface area contributed by atoms with Crippen LogP contribution in [0.5, 0.6) is 0 Å². The van der Waals surface area contributed by atoms with Gasteiger partial charge in [-0.3, -0.25) is 0 Å². The fourth-order valence-corrected chi connectivity index (χ4v) is 9.92. The van der Waals surface area contributed by atoms with Crippen molar-refractivity contribution in [3.05, 3.63) is 150 Å². The normalized spacial score (nSPS) is 11.4. The van der Waals surface area contributed by atoms with E-state index in [1.54, 1.807) is 0 Å². The van der Waals surface area contributed by atoms with Crippen LogP contribution in [0.2, 0.25) is 0 Å². The number of fused-ring (bicyclic) bond motifs is 1. The molecule has 0 aliphatic carbocycles. The number of benzene rings is 5. The van der Waals surface area contributed by atoms with Gasteiger partial charge in [0.05, 0.1) is 0 Å². The number of aromatic nitrogens is 2. The van der Waals surface area contributed by atoms with E-state index in [9.17, 15) is 4.79 Å². The molecule has 0 radical (unpaired) electrons. The van der Waals surface area contributed by atoms with Gasteiger partial charge in [-0.15, -0.1) is 0 Å². The molecule has 4 nitrogen and oxygen atoms in total. The van der Waals surface area contributed by atoms with Gasteiger partial charge in [0.25, 0.3) is 0 Å². The monoisotopic (exact) mass is 483 g/mol. The molecule has 0 aliphatic heterocycles. The van der Waals surface area contributed by atoms with E-state index in [-0.39, 0.29) is 0 Å². The molecule has 1 heterocycles. The minimum atomic E-state index is -2.87. The molecule has 36 heavy (non-hydrogen) atoms. The molecule has 0 N–H and O–H groups in total. The Hall–Kier alpha value is -4.61. The first-order valence-electron chi connectivity index (χ1n) is 11.9. The average Bonchev–Trinajstić information content (AvgIpc) is 2.96. The first-order valence-corrected chi connectivity index (χ1v) is 13.9. The Morgan fingerprint density at radius 3 is 1.53 bits per heavy atom. The minimum absolute atomic E-state index is 0.516. The molecule has 1 aromatic heterocycles. The van der Waals surface area contributed by atoms with Crippen LogP contribution in [-0.4, -0.2) is 13.2 Å². The van der Waals surface area contributed by atoms with E-state index in [2.05, 4.69) is 78.9 Å². The lowest BCUT2D eigenvalue weighted by molar-refractivity contribution is -0.683. The predicted molar refractivity (Wildman–Crippen MR) is 145 cm³/mol. The number of nitrogens with zero attached hydrogens (tertiary/aromatic N) is 2. The molecule has 0 saturated heterocycles. The summed E-state index contributed by atoms with van der Waals surface area (Å²) in [7, 11) is -2.87. The molecule has 0 spiro atoms. The van der Waals surface area contributed by atoms with Gasteiger partial charge in [-0.25, -0.2) is 0 Å². The molecule has 0 amide bonds. The molecule has 0 aliphatic rings. The van der Waals surface area contributed by atoms with Gasteiger partial charge in [0.1, 0.15) is 0 Å². The van der Waals surface area contributed by atoms with E-state index in [1.807, 2.05) is 60.7 Å². The summed E-state index contributed by atoms with van der Waals surface area (Å²) >= 11 is 0. The Kier molecular flexibility index (Phi) is 5.60. The second-order valence-corrected chi connectivity index (χ2v) is 12.4. The van der Waals surface area contributed by atoms with Crippen LogP contribution in [0.3, 0.4) is 0 Å². The van der Waals surface area contributed by atoms with Crippen LogP contribution in [0.4, 0.5) is 0 Å². The van der Waals surface area contributed by atoms with Crippen molar-refractivity contribution in [2.24, 2.45) is 0 Å². The molecular weight excluding hydrogens is 460 g/mol. The molecule has 0 bridgehead atoms. The molecule has 172 valence electrons. The largest absolute Gasteiger partial charge is 0.634 e. The second kappa shape index (κ2) is 9.21.